The summed E-state index contributed by atoms with van der Waals surface area (Å²) in [7, 11) is 0. The van der Waals surface area contributed by atoms with Crippen LogP contribution < -0.4 is 15.6 Å². The molecule has 1 atom stereocenters. The topological polar surface area (TPSA) is 85.6 Å². The summed E-state index contributed by atoms with van der Waals surface area (Å²) in [4.78, 5) is 30.6. The monoisotopic (exact) mass is 662 g/mol. The van der Waals surface area contributed by atoms with Crippen LogP contribution >= 0.6 is 43.5 Å². The van der Waals surface area contributed by atoms with Crippen LogP contribution in [0.1, 0.15) is 37.6 Å². The van der Waals surface area contributed by atoms with Crippen molar-refractivity contribution < 1.29 is 13.9 Å². The summed E-state index contributed by atoms with van der Waals surface area (Å²) < 4.78 is 21.4. The number of halogens is 4. The summed E-state index contributed by atoms with van der Waals surface area (Å²) in [5.74, 6) is -0.0586. The number of nitrogens with zero attached hydrogens (tertiary/aromatic N) is 3. The first-order chi connectivity index (χ1) is 18.2. The van der Waals surface area contributed by atoms with Gasteiger partial charge in [-0.1, -0.05) is 41.4 Å². The van der Waals surface area contributed by atoms with Crippen LogP contribution in [-0.4, -0.2) is 28.4 Å². The van der Waals surface area contributed by atoms with Crippen LogP contribution in [0.15, 0.2) is 73.4 Å². The van der Waals surface area contributed by atoms with E-state index in [4.69, 9.17) is 21.3 Å². The van der Waals surface area contributed by atoms with Gasteiger partial charge in [-0.05, 0) is 76.9 Å². The molecule has 1 amide bonds. The smallest absolute Gasteiger partial charge is 0.282 e. The van der Waals surface area contributed by atoms with Gasteiger partial charge in [-0.2, -0.15) is 9.78 Å². The molecule has 1 N–H and O–H groups in total. The van der Waals surface area contributed by atoms with Crippen molar-refractivity contribution in [2.75, 3.05) is 11.9 Å². The third-order valence-electron chi connectivity index (χ3n) is 5.71. The lowest BCUT2D eigenvalue weighted by Gasteiger charge is -2.15. The first-order valence-electron chi connectivity index (χ1n) is 11.6. The molecular weight excluding hydrogens is 643 g/mol. The Labute approximate surface area is 239 Å². The van der Waals surface area contributed by atoms with Crippen LogP contribution in [0.5, 0.6) is 5.75 Å². The molecule has 4 aromatic rings. The lowest BCUT2D eigenvalue weighted by molar-refractivity contribution is -0.118. The third-order valence-corrected chi connectivity index (χ3v) is 7.01. The van der Waals surface area contributed by atoms with E-state index in [1.165, 1.54) is 35.2 Å². The van der Waals surface area contributed by atoms with Gasteiger partial charge in [0.25, 0.3) is 11.5 Å². The Morgan fingerprint density at radius 1 is 1.21 bits per heavy atom. The molecule has 0 fully saturated rings. The van der Waals surface area contributed by atoms with Gasteiger partial charge < -0.3 is 10.1 Å². The van der Waals surface area contributed by atoms with E-state index in [1.54, 1.807) is 24.3 Å². The second kappa shape index (κ2) is 12.2. The highest BCUT2D eigenvalue weighted by atomic mass is 79.9. The summed E-state index contributed by atoms with van der Waals surface area (Å²) in [5.41, 5.74) is 1.14. The SMILES string of the molecule is CC[C@@H](C)c1nc2ccc(Br)cc2c(=O)n1N=Cc1cc(Cl)cc(Br)c1OCC(=O)Nc1ccc(F)cc1. The Morgan fingerprint density at radius 2 is 1.95 bits per heavy atom. The molecule has 0 saturated heterocycles. The molecule has 0 aliphatic heterocycles. The molecular formula is C27H22Br2ClFN4O3. The van der Waals surface area contributed by atoms with Crippen molar-refractivity contribution in [3.8, 4) is 5.75 Å². The number of carbonyl (C=O) groups is 1. The van der Waals surface area contributed by atoms with E-state index in [1.807, 2.05) is 19.9 Å². The maximum Gasteiger partial charge on any atom is 0.282 e. The quantitative estimate of drug-likeness (QED) is 0.203. The van der Waals surface area contributed by atoms with Crippen LogP contribution in [0, 0.1) is 5.82 Å². The van der Waals surface area contributed by atoms with E-state index in [0.29, 0.717) is 43.2 Å². The molecule has 38 heavy (non-hydrogen) atoms. The van der Waals surface area contributed by atoms with E-state index in [0.717, 1.165) is 10.9 Å². The molecule has 0 aliphatic rings. The lowest BCUT2D eigenvalue weighted by atomic mass is 10.1. The highest BCUT2D eigenvalue weighted by Crippen LogP contribution is 2.32. The Morgan fingerprint density at radius 3 is 2.66 bits per heavy atom. The Hall–Kier alpha value is -3.08. The number of aromatic nitrogens is 2. The van der Waals surface area contributed by atoms with Crippen LogP contribution in [0.25, 0.3) is 10.9 Å². The second-order valence-corrected chi connectivity index (χ2v) is 10.7. The highest BCUT2D eigenvalue weighted by molar-refractivity contribution is 9.10. The van der Waals surface area contributed by atoms with Crippen molar-refractivity contribution in [2.24, 2.45) is 5.10 Å². The Bertz CT molecular complexity index is 1590. The Balaban J connectivity index is 1.67. The fourth-order valence-electron chi connectivity index (χ4n) is 3.60. The number of carbonyl (C=O) groups excluding carboxylic acids is 1. The van der Waals surface area contributed by atoms with E-state index in [-0.39, 0.29) is 18.1 Å². The fraction of sp³-hybridized carbons (Fsp3) is 0.185. The lowest BCUT2D eigenvalue weighted by Crippen LogP contribution is -2.24. The van der Waals surface area contributed by atoms with Gasteiger partial charge in [0, 0.05) is 26.7 Å². The predicted octanol–water partition coefficient (Wildman–Crippen LogP) is 7.13. The van der Waals surface area contributed by atoms with Gasteiger partial charge >= 0.3 is 0 Å². The third kappa shape index (κ3) is 6.48. The maximum atomic E-state index is 13.4. The van der Waals surface area contributed by atoms with E-state index in [9.17, 15) is 14.0 Å². The number of hydrogen-bond donors (Lipinski definition) is 1. The van der Waals surface area contributed by atoms with Crippen molar-refractivity contribution in [1.82, 2.24) is 9.66 Å². The zero-order chi connectivity index (χ0) is 27.4. The Kier molecular flexibility index (Phi) is 8.96. The van der Waals surface area contributed by atoms with Crippen molar-refractivity contribution in [2.45, 2.75) is 26.2 Å². The molecule has 1 aromatic heterocycles. The molecule has 0 unspecified atom stereocenters. The molecule has 11 heteroatoms. The summed E-state index contributed by atoms with van der Waals surface area (Å²) in [6, 6.07) is 14.0. The van der Waals surface area contributed by atoms with Crippen molar-refractivity contribution >= 4 is 72.2 Å². The van der Waals surface area contributed by atoms with Gasteiger partial charge in [0.05, 0.1) is 21.6 Å². The number of hydrogen-bond acceptors (Lipinski definition) is 5. The van der Waals surface area contributed by atoms with Gasteiger partial charge in [0.1, 0.15) is 17.4 Å². The first kappa shape index (κ1) is 27.9. The van der Waals surface area contributed by atoms with E-state index >= 15 is 0 Å². The van der Waals surface area contributed by atoms with Gasteiger partial charge in [-0.3, -0.25) is 9.59 Å². The van der Waals surface area contributed by atoms with Crippen LogP contribution in [0.3, 0.4) is 0 Å². The van der Waals surface area contributed by atoms with Gasteiger partial charge in [0.2, 0.25) is 0 Å². The predicted molar refractivity (Wildman–Crippen MR) is 155 cm³/mol. The summed E-state index contributed by atoms with van der Waals surface area (Å²) in [6.45, 7) is 3.65. The van der Waals surface area contributed by atoms with Crippen molar-refractivity contribution in [3.05, 3.63) is 96.1 Å². The van der Waals surface area contributed by atoms with Crippen molar-refractivity contribution in [3.63, 3.8) is 0 Å². The zero-order valence-corrected chi connectivity index (χ0v) is 24.3. The zero-order valence-electron chi connectivity index (χ0n) is 20.3. The standard InChI is InChI=1S/C27H22Br2ClFN4O3/c1-3-15(2)26-34-23-9-4-17(28)11-21(23)27(37)35(26)32-13-16-10-18(30)12-22(29)25(16)38-14-24(36)33-20-7-5-19(31)6-8-20/h4-13,15H,3,14H2,1-2H3,(H,33,36)/t15-/m1/s1. The van der Waals surface area contributed by atoms with Crippen LogP contribution in [0.4, 0.5) is 10.1 Å². The summed E-state index contributed by atoms with van der Waals surface area (Å²) in [5, 5.41) is 7.94. The second-order valence-electron chi connectivity index (χ2n) is 8.45. The molecule has 0 saturated carbocycles. The van der Waals surface area contributed by atoms with Crippen LogP contribution in [0.2, 0.25) is 5.02 Å². The number of benzene rings is 3. The number of rotatable bonds is 8. The van der Waals surface area contributed by atoms with Gasteiger partial charge in [0.15, 0.2) is 6.61 Å². The van der Waals surface area contributed by atoms with Crippen LogP contribution in [-0.2, 0) is 4.79 Å². The molecule has 1 heterocycles. The van der Waals surface area contributed by atoms with E-state index in [2.05, 4.69) is 42.3 Å². The molecule has 4 rings (SSSR count). The molecule has 7 nitrogen and oxygen atoms in total. The molecule has 0 spiro atoms. The molecule has 0 bridgehead atoms. The van der Waals surface area contributed by atoms with E-state index < -0.39 is 11.7 Å². The maximum absolute atomic E-state index is 13.4. The average molecular weight is 665 g/mol. The number of anilines is 1. The van der Waals surface area contributed by atoms with Gasteiger partial charge in [-0.15, -0.1) is 0 Å². The number of nitrogens with one attached hydrogen (secondary N) is 1. The largest absolute Gasteiger partial charge is 0.482 e. The van der Waals surface area contributed by atoms with Crippen molar-refractivity contribution in [1.29, 1.82) is 0 Å². The minimum atomic E-state index is -0.444. The fourth-order valence-corrected chi connectivity index (χ4v) is 4.90. The number of fused-ring (bicyclic) bond motifs is 1. The number of ether oxygens (including phenoxy) is 1. The molecule has 3 aromatic carbocycles. The minimum absolute atomic E-state index is 0.0372. The average Bonchev–Trinajstić information content (AvgIpc) is 2.88. The first-order valence-corrected chi connectivity index (χ1v) is 13.6. The molecule has 196 valence electrons. The highest BCUT2D eigenvalue weighted by Gasteiger charge is 2.17. The normalized spacial score (nSPS) is 12.2. The molecule has 0 radical (unpaired) electrons. The number of amides is 1. The van der Waals surface area contributed by atoms with Gasteiger partial charge in [-0.25, -0.2) is 9.37 Å². The minimum Gasteiger partial charge on any atom is -0.482 e. The summed E-state index contributed by atoms with van der Waals surface area (Å²) in [6.07, 6.45) is 2.20. The molecule has 0 aliphatic carbocycles. The summed E-state index contributed by atoms with van der Waals surface area (Å²) >= 11 is 13.1.